The van der Waals surface area contributed by atoms with Crippen LogP contribution in [0.25, 0.3) is 39.5 Å². The van der Waals surface area contributed by atoms with Gasteiger partial charge in [-0.25, -0.2) is 19.3 Å². The molecule has 2 amide bonds. The van der Waals surface area contributed by atoms with Crippen molar-refractivity contribution >= 4 is 40.8 Å². The summed E-state index contributed by atoms with van der Waals surface area (Å²) in [5, 5.41) is 12.9. The van der Waals surface area contributed by atoms with E-state index < -0.39 is 0 Å². The number of anilines is 2. The summed E-state index contributed by atoms with van der Waals surface area (Å²) in [6, 6.07) is 24.9. The van der Waals surface area contributed by atoms with E-state index in [1.807, 2.05) is 51.9 Å². The third kappa shape index (κ3) is 7.08. The summed E-state index contributed by atoms with van der Waals surface area (Å²) in [5.41, 5.74) is 11.7. The fourth-order valence-electron chi connectivity index (χ4n) is 7.58. The monoisotopic (exact) mass is 738 g/mol. The number of nitrogens with zero attached hydrogens (tertiary/aromatic N) is 6. The van der Waals surface area contributed by atoms with Gasteiger partial charge in [0.1, 0.15) is 17.1 Å². The SMILES string of the molecule is Nc1ncccc1-c1nc2ccc(-c3cccc(N4CCC(N5CCCC5=O)CC4)c3F)nc2n1-c1ccc(CNC(=O)Cc2ccc(C=O)c(O)c2)cc1. The predicted molar refractivity (Wildman–Crippen MR) is 207 cm³/mol. The predicted octanol–water partition coefficient (Wildman–Crippen LogP) is 5.84. The highest BCUT2D eigenvalue weighted by molar-refractivity contribution is 5.85. The first-order valence-electron chi connectivity index (χ1n) is 18.3. The van der Waals surface area contributed by atoms with Crippen LogP contribution in [0.4, 0.5) is 15.9 Å². The number of hydrogen-bond donors (Lipinski definition) is 3. The fraction of sp³-hybridized carbons (Fsp3) is 0.238. The third-order valence-corrected chi connectivity index (χ3v) is 10.5. The fourth-order valence-corrected chi connectivity index (χ4v) is 7.58. The number of aromatic hydroxyl groups is 1. The highest BCUT2D eigenvalue weighted by Crippen LogP contribution is 2.35. The number of carbonyl (C=O) groups is 3. The summed E-state index contributed by atoms with van der Waals surface area (Å²) in [4.78, 5) is 54.3. The molecule has 0 bridgehead atoms. The molecule has 55 heavy (non-hydrogen) atoms. The van der Waals surface area contributed by atoms with Crippen molar-refractivity contribution in [3.63, 3.8) is 0 Å². The minimum absolute atomic E-state index is 0.0403. The van der Waals surface area contributed by atoms with E-state index in [4.69, 9.17) is 15.7 Å². The van der Waals surface area contributed by atoms with E-state index in [9.17, 15) is 19.5 Å². The normalized spacial score (nSPS) is 14.8. The Labute approximate surface area is 316 Å². The van der Waals surface area contributed by atoms with Gasteiger partial charge in [0.15, 0.2) is 23.6 Å². The number of likely N-dealkylation sites (tertiary alicyclic amines) is 1. The maximum Gasteiger partial charge on any atom is 0.224 e. The first kappa shape index (κ1) is 35.4. The van der Waals surface area contributed by atoms with E-state index in [0.717, 1.165) is 37.1 Å². The van der Waals surface area contributed by atoms with Crippen molar-refractivity contribution in [2.24, 2.45) is 0 Å². The number of pyridine rings is 2. The minimum Gasteiger partial charge on any atom is -0.507 e. The van der Waals surface area contributed by atoms with Crippen LogP contribution in [0.5, 0.6) is 5.75 Å². The van der Waals surface area contributed by atoms with Gasteiger partial charge in [-0.3, -0.25) is 19.0 Å². The van der Waals surface area contributed by atoms with E-state index in [1.165, 1.54) is 12.1 Å². The highest BCUT2D eigenvalue weighted by Gasteiger charge is 2.31. The average molecular weight is 739 g/mol. The molecule has 3 aromatic carbocycles. The van der Waals surface area contributed by atoms with Crippen LogP contribution < -0.4 is 16.0 Å². The molecule has 2 aliphatic heterocycles. The zero-order valence-electron chi connectivity index (χ0n) is 30.0. The second-order valence-electron chi connectivity index (χ2n) is 13.9. The van der Waals surface area contributed by atoms with Crippen LogP contribution in [0.15, 0.2) is 91.1 Å². The van der Waals surface area contributed by atoms with Gasteiger partial charge in [-0.2, -0.15) is 0 Å². The number of piperidine rings is 1. The highest BCUT2D eigenvalue weighted by atomic mass is 19.1. The quantitative estimate of drug-likeness (QED) is 0.147. The maximum atomic E-state index is 16.4. The Kier molecular flexibility index (Phi) is 9.66. The molecular formula is C42H39FN8O4. The molecule has 0 radical (unpaired) electrons. The average Bonchev–Trinajstić information content (AvgIpc) is 3.81. The molecule has 13 heteroatoms. The smallest absolute Gasteiger partial charge is 0.224 e. The molecule has 2 saturated heterocycles. The number of carbonyl (C=O) groups excluding carboxylic acids is 3. The van der Waals surface area contributed by atoms with Crippen LogP contribution in [0.1, 0.15) is 47.2 Å². The Morgan fingerprint density at radius 1 is 0.945 bits per heavy atom. The number of rotatable bonds is 10. The van der Waals surface area contributed by atoms with Crippen LogP contribution in [-0.4, -0.2) is 73.3 Å². The summed E-state index contributed by atoms with van der Waals surface area (Å²) < 4.78 is 18.3. The van der Waals surface area contributed by atoms with E-state index in [1.54, 1.807) is 36.5 Å². The molecule has 4 N–H and O–H groups in total. The number of phenolic OH excluding ortho intramolecular Hbond substituents is 1. The lowest BCUT2D eigenvalue weighted by molar-refractivity contribution is -0.130. The lowest BCUT2D eigenvalue weighted by Crippen LogP contribution is -2.45. The summed E-state index contributed by atoms with van der Waals surface area (Å²) in [7, 11) is 0. The summed E-state index contributed by atoms with van der Waals surface area (Å²) in [6.07, 6.45) is 5.33. The van der Waals surface area contributed by atoms with Crippen molar-refractivity contribution in [2.45, 2.75) is 44.7 Å². The van der Waals surface area contributed by atoms with Crippen molar-refractivity contribution in [3.05, 3.63) is 114 Å². The van der Waals surface area contributed by atoms with Gasteiger partial charge >= 0.3 is 0 Å². The topological polar surface area (TPSA) is 160 Å². The number of halogens is 1. The summed E-state index contributed by atoms with van der Waals surface area (Å²) in [5.74, 6) is 0.274. The van der Waals surface area contributed by atoms with E-state index >= 15 is 4.39 Å². The number of aldehydes is 1. The molecule has 6 aromatic rings. The lowest BCUT2D eigenvalue weighted by Gasteiger charge is -2.38. The molecule has 0 aliphatic carbocycles. The number of amides is 2. The van der Waals surface area contributed by atoms with Gasteiger partial charge in [-0.05, 0) is 91.1 Å². The van der Waals surface area contributed by atoms with Crippen molar-refractivity contribution in [2.75, 3.05) is 30.3 Å². The van der Waals surface area contributed by atoms with Crippen molar-refractivity contribution in [3.8, 4) is 34.1 Å². The van der Waals surface area contributed by atoms with E-state index in [-0.39, 0.29) is 48.0 Å². The number of phenols is 1. The van der Waals surface area contributed by atoms with Crippen LogP contribution in [0.3, 0.4) is 0 Å². The molecule has 8 rings (SSSR count). The molecule has 3 aromatic heterocycles. The number of nitrogens with one attached hydrogen (secondary N) is 1. The molecule has 2 fully saturated rings. The number of fused-ring (bicyclic) bond motifs is 1. The van der Waals surface area contributed by atoms with E-state index in [0.29, 0.717) is 76.7 Å². The van der Waals surface area contributed by atoms with Gasteiger partial charge in [0.05, 0.1) is 28.9 Å². The van der Waals surface area contributed by atoms with Crippen LogP contribution in [0, 0.1) is 5.82 Å². The first-order valence-corrected chi connectivity index (χ1v) is 18.3. The summed E-state index contributed by atoms with van der Waals surface area (Å²) in [6.45, 7) is 2.38. The van der Waals surface area contributed by atoms with Gasteiger partial charge < -0.3 is 26.0 Å². The number of nitrogen functional groups attached to an aromatic ring is 1. The largest absolute Gasteiger partial charge is 0.507 e. The first-order chi connectivity index (χ1) is 26.8. The Morgan fingerprint density at radius 3 is 2.45 bits per heavy atom. The van der Waals surface area contributed by atoms with Crippen molar-refractivity contribution < 1.29 is 23.9 Å². The number of imidazole rings is 1. The van der Waals surface area contributed by atoms with Gasteiger partial charge in [-0.15, -0.1) is 0 Å². The van der Waals surface area contributed by atoms with E-state index in [2.05, 4.69) is 15.2 Å². The molecule has 0 saturated carbocycles. The van der Waals surface area contributed by atoms with Crippen LogP contribution >= 0.6 is 0 Å². The Morgan fingerprint density at radius 2 is 1.73 bits per heavy atom. The van der Waals surface area contributed by atoms with Gasteiger partial charge in [0.25, 0.3) is 0 Å². The molecule has 0 atom stereocenters. The molecule has 278 valence electrons. The molecule has 0 spiro atoms. The van der Waals surface area contributed by atoms with Crippen LogP contribution in [0.2, 0.25) is 0 Å². The number of aromatic nitrogens is 4. The lowest BCUT2D eigenvalue weighted by atomic mass is 10.0. The second kappa shape index (κ2) is 15.0. The standard InChI is InChI=1S/C42H39FN8O4/c43-39-31(4-1-6-35(39)49-20-16-29(17-21-49)50-19-3-7-38(50)55)33-14-15-34-42(47-33)51(41(48-34)32-5-2-18-45-40(32)44)30-12-9-26(10-13-30)24-46-37(54)23-27-8-11-28(25-52)36(53)22-27/h1-2,4-6,8-15,18,22,25,29,53H,3,7,16-17,19-21,23-24H2,(H2,44,45)(H,46,54). The third-order valence-electron chi connectivity index (χ3n) is 10.5. The molecule has 12 nitrogen and oxygen atoms in total. The number of hydrogen-bond acceptors (Lipinski definition) is 9. The zero-order valence-corrected chi connectivity index (χ0v) is 30.0. The molecule has 0 unspecified atom stereocenters. The minimum atomic E-state index is -0.353. The summed E-state index contributed by atoms with van der Waals surface area (Å²) >= 11 is 0. The van der Waals surface area contributed by atoms with Gasteiger partial charge in [0, 0.05) is 56.1 Å². The van der Waals surface area contributed by atoms with Gasteiger partial charge in [-0.1, -0.05) is 24.3 Å². The Hall–Kier alpha value is -6.63. The number of benzene rings is 3. The van der Waals surface area contributed by atoms with Crippen molar-refractivity contribution in [1.82, 2.24) is 29.7 Å². The van der Waals surface area contributed by atoms with Crippen molar-refractivity contribution in [1.29, 1.82) is 0 Å². The zero-order chi connectivity index (χ0) is 38.1. The Bertz CT molecular complexity index is 2420. The molecule has 5 heterocycles. The second-order valence-corrected chi connectivity index (χ2v) is 13.9. The Balaban J connectivity index is 1.07. The van der Waals surface area contributed by atoms with Gasteiger partial charge in [0.2, 0.25) is 11.8 Å². The van der Waals surface area contributed by atoms with Crippen LogP contribution in [-0.2, 0) is 22.6 Å². The molecule has 2 aliphatic rings. The molecular weight excluding hydrogens is 700 g/mol. The maximum absolute atomic E-state index is 16.4. The number of nitrogens with two attached hydrogens (primary N) is 1.